The first-order valence-electron chi connectivity index (χ1n) is 3.68. The molecule has 1 saturated heterocycles. The molecular weight excluding hydrogens is 166 g/mol. The number of rotatable bonds is 2. The third-order valence-electron chi connectivity index (χ3n) is 1.80. The lowest BCUT2D eigenvalue weighted by Crippen LogP contribution is -2.49. The second kappa shape index (κ2) is 5.77. The summed E-state index contributed by atoms with van der Waals surface area (Å²) >= 11 is 0. The van der Waals surface area contributed by atoms with Crippen LogP contribution in [0.3, 0.4) is 0 Å². The number of morpholine rings is 1. The lowest BCUT2D eigenvalue weighted by atomic mass is 10.2. The normalized spacial score (nSPS) is 31.1. The van der Waals surface area contributed by atoms with Crippen molar-refractivity contribution in [3.8, 4) is 0 Å². The van der Waals surface area contributed by atoms with Gasteiger partial charge in [-0.3, -0.25) is 0 Å². The predicted octanol–water partition coefficient (Wildman–Crippen LogP) is 0.432. The van der Waals surface area contributed by atoms with Crippen LogP contribution in [0.1, 0.15) is 6.92 Å². The van der Waals surface area contributed by atoms with Gasteiger partial charge < -0.3 is 14.8 Å². The number of ether oxygens (including phenoxy) is 2. The first-order valence-corrected chi connectivity index (χ1v) is 3.68. The van der Waals surface area contributed by atoms with E-state index >= 15 is 0 Å². The van der Waals surface area contributed by atoms with Crippen molar-refractivity contribution >= 4 is 12.4 Å². The minimum Gasteiger partial charge on any atom is -0.383 e. The largest absolute Gasteiger partial charge is 0.383 e. The Morgan fingerprint density at radius 3 is 2.91 bits per heavy atom. The van der Waals surface area contributed by atoms with Crippen LogP contribution in [0, 0.1) is 0 Å². The summed E-state index contributed by atoms with van der Waals surface area (Å²) in [6, 6.07) is 0.374. The molecule has 1 rings (SSSR count). The molecule has 0 aromatic rings. The van der Waals surface area contributed by atoms with Crippen molar-refractivity contribution in [1.82, 2.24) is 5.32 Å². The Bertz CT molecular complexity index is 100. The molecular formula is C7H16ClNO2. The Morgan fingerprint density at radius 2 is 2.36 bits per heavy atom. The molecule has 4 heteroatoms. The fourth-order valence-electron chi connectivity index (χ4n) is 1.15. The van der Waals surface area contributed by atoms with Gasteiger partial charge in [0.15, 0.2) is 0 Å². The standard InChI is InChI=1S/C7H15NO2.ClH/c1-6-7(5-9-2)8-3-4-10-6;/h6-8H,3-5H2,1-2H3;1H/t6-,7?;/m1./s1. The molecule has 0 amide bonds. The van der Waals surface area contributed by atoms with Gasteiger partial charge in [0.25, 0.3) is 0 Å². The zero-order valence-corrected chi connectivity index (χ0v) is 7.82. The number of methoxy groups -OCH3 is 1. The predicted molar refractivity (Wildman–Crippen MR) is 46.3 cm³/mol. The maximum Gasteiger partial charge on any atom is 0.0723 e. The highest BCUT2D eigenvalue weighted by atomic mass is 35.5. The number of nitrogens with one attached hydrogen (secondary N) is 1. The second-order valence-electron chi connectivity index (χ2n) is 2.59. The van der Waals surface area contributed by atoms with Crippen molar-refractivity contribution in [3.63, 3.8) is 0 Å². The molecule has 0 spiro atoms. The topological polar surface area (TPSA) is 30.5 Å². The molecule has 0 aromatic carbocycles. The van der Waals surface area contributed by atoms with Gasteiger partial charge in [-0.15, -0.1) is 12.4 Å². The molecule has 0 radical (unpaired) electrons. The van der Waals surface area contributed by atoms with Crippen molar-refractivity contribution in [2.75, 3.05) is 26.9 Å². The molecule has 0 bridgehead atoms. The second-order valence-corrected chi connectivity index (χ2v) is 2.59. The molecule has 1 aliphatic rings. The smallest absolute Gasteiger partial charge is 0.0723 e. The summed E-state index contributed by atoms with van der Waals surface area (Å²) in [5, 5.41) is 3.32. The van der Waals surface area contributed by atoms with Gasteiger partial charge in [-0.05, 0) is 6.92 Å². The molecule has 2 atom stereocenters. The monoisotopic (exact) mass is 181 g/mol. The molecule has 3 nitrogen and oxygen atoms in total. The summed E-state index contributed by atoms with van der Waals surface area (Å²) < 4.78 is 10.4. The Labute approximate surface area is 73.9 Å². The van der Waals surface area contributed by atoms with Crippen LogP contribution in [0.25, 0.3) is 0 Å². The average Bonchev–Trinajstić information content (AvgIpc) is 1.94. The Morgan fingerprint density at radius 1 is 1.64 bits per heavy atom. The van der Waals surface area contributed by atoms with E-state index in [2.05, 4.69) is 12.2 Å². The van der Waals surface area contributed by atoms with Crippen molar-refractivity contribution in [3.05, 3.63) is 0 Å². The molecule has 68 valence electrons. The highest BCUT2D eigenvalue weighted by Gasteiger charge is 2.20. The van der Waals surface area contributed by atoms with E-state index < -0.39 is 0 Å². The van der Waals surface area contributed by atoms with E-state index in [0.29, 0.717) is 6.04 Å². The Balaban J connectivity index is 0.000001000. The van der Waals surface area contributed by atoms with E-state index in [9.17, 15) is 0 Å². The van der Waals surface area contributed by atoms with Crippen molar-refractivity contribution < 1.29 is 9.47 Å². The van der Waals surface area contributed by atoms with Crippen LogP contribution in [-0.2, 0) is 9.47 Å². The molecule has 1 aliphatic heterocycles. The zero-order chi connectivity index (χ0) is 7.40. The van der Waals surface area contributed by atoms with E-state index in [1.54, 1.807) is 7.11 Å². The van der Waals surface area contributed by atoms with Gasteiger partial charge in [0.2, 0.25) is 0 Å². The molecule has 1 heterocycles. The van der Waals surface area contributed by atoms with Crippen LogP contribution in [-0.4, -0.2) is 39.0 Å². The van der Waals surface area contributed by atoms with Gasteiger partial charge in [0.1, 0.15) is 0 Å². The quantitative estimate of drug-likeness (QED) is 0.671. The van der Waals surface area contributed by atoms with E-state index in [0.717, 1.165) is 19.8 Å². The fraction of sp³-hybridized carbons (Fsp3) is 1.00. The third-order valence-corrected chi connectivity index (χ3v) is 1.80. The van der Waals surface area contributed by atoms with Crippen molar-refractivity contribution in [2.24, 2.45) is 0 Å². The lowest BCUT2D eigenvalue weighted by Gasteiger charge is -2.29. The van der Waals surface area contributed by atoms with Gasteiger partial charge in [-0.2, -0.15) is 0 Å². The van der Waals surface area contributed by atoms with E-state index in [4.69, 9.17) is 9.47 Å². The van der Waals surface area contributed by atoms with Gasteiger partial charge >= 0.3 is 0 Å². The summed E-state index contributed by atoms with van der Waals surface area (Å²) in [6.07, 6.45) is 0.286. The van der Waals surface area contributed by atoms with E-state index in [1.165, 1.54) is 0 Å². The molecule has 0 saturated carbocycles. The molecule has 1 fully saturated rings. The molecule has 11 heavy (non-hydrogen) atoms. The number of hydrogen-bond acceptors (Lipinski definition) is 3. The van der Waals surface area contributed by atoms with Crippen molar-refractivity contribution in [2.45, 2.75) is 19.1 Å². The molecule has 1 N–H and O–H groups in total. The SMILES string of the molecule is COCC1NCCO[C@@H]1C.Cl. The highest BCUT2D eigenvalue weighted by molar-refractivity contribution is 5.85. The lowest BCUT2D eigenvalue weighted by molar-refractivity contribution is -0.0149. The van der Waals surface area contributed by atoms with Gasteiger partial charge in [0.05, 0.1) is 25.4 Å². The highest BCUT2D eigenvalue weighted by Crippen LogP contribution is 2.03. The van der Waals surface area contributed by atoms with Crippen LogP contribution < -0.4 is 5.32 Å². The zero-order valence-electron chi connectivity index (χ0n) is 7.00. The van der Waals surface area contributed by atoms with Crippen LogP contribution >= 0.6 is 12.4 Å². The minimum absolute atomic E-state index is 0. The molecule has 0 aliphatic carbocycles. The summed E-state index contributed by atoms with van der Waals surface area (Å²) in [6.45, 7) is 4.57. The summed E-state index contributed by atoms with van der Waals surface area (Å²) in [5.41, 5.74) is 0. The van der Waals surface area contributed by atoms with Gasteiger partial charge in [-0.1, -0.05) is 0 Å². The summed E-state index contributed by atoms with van der Waals surface area (Å²) in [5.74, 6) is 0. The third kappa shape index (κ3) is 3.38. The summed E-state index contributed by atoms with van der Waals surface area (Å²) in [4.78, 5) is 0. The van der Waals surface area contributed by atoms with Crippen LogP contribution in [0.2, 0.25) is 0 Å². The fourth-order valence-corrected chi connectivity index (χ4v) is 1.15. The Hall–Kier alpha value is 0.170. The summed E-state index contributed by atoms with van der Waals surface area (Å²) in [7, 11) is 1.71. The first kappa shape index (κ1) is 11.2. The van der Waals surface area contributed by atoms with Gasteiger partial charge in [0, 0.05) is 13.7 Å². The van der Waals surface area contributed by atoms with Crippen molar-refractivity contribution in [1.29, 1.82) is 0 Å². The first-order chi connectivity index (χ1) is 4.84. The maximum atomic E-state index is 5.40. The van der Waals surface area contributed by atoms with Gasteiger partial charge in [-0.25, -0.2) is 0 Å². The minimum atomic E-state index is 0. The maximum absolute atomic E-state index is 5.40. The van der Waals surface area contributed by atoms with E-state index in [1.807, 2.05) is 0 Å². The average molecular weight is 182 g/mol. The van der Waals surface area contributed by atoms with Crippen LogP contribution in [0.4, 0.5) is 0 Å². The molecule has 0 aromatic heterocycles. The molecule has 1 unspecified atom stereocenters. The Kier molecular flexibility index (Phi) is 5.86. The van der Waals surface area contributed by atoms with E-state index in [-0.39, 0.29) is 18.5 Å². The van der Waals surface area contributed by atoms with Crippen LogP contribution in [0.15, 0.2) is 0 Å². The van der Waals surface area contributed by atoms with Crippen LogP contribution in [0.5, 0.6) is 0 Å². The number of halogens is 1. The number of hydrogen-bond donors (Lipinski definition) is 1.